The van der Waals surface area contributed by atoms with Gasteiger partial charge in [-0.3, -0.25) is 9.48 Å². The Balaban J connectivity index is 1.58. The molecule has 1 aliphatic heterocycles. The molecule has 0 aliphatic carbocycles. The summed E-state index contributed by atoms with van der Waals surface area (Å²) in [6, 6.07) is 4.03. The molecule has 1 saturated heterocycles. The lowest BCUT2D eigenvalue weighted by Crippen LogP contribution is -2.44. The fraction of sp³-hybridized carbons (Fsp3) is 0.368. The van der Waals surface area contributed by atoms with E-state index in [0.29, 0.717) is 16.2 Å². The van der Waals surface area contributed by atoms with E-state index in [9.17, 15) is 4.79 Å². The summed E-state index contributed by atoms with van der Waals surface area (Å²) < 4.78 is 1.80. The number of aromatic amines is 1. The zero-order chi connectivity index (χ0) is 19.4. The van der Waals surface area contributed by atoms with E-state index in [1.54, 1.807) is 4.68 Å². The average molecular weight is 395 g/mol. The lowest BCUT2D eigenvalue weighted by atomic mass is 10.1. The van der Waals surface area contributed by atoms with Gasteiger partial charge in [0.2, 0.25) is 0 Å². The molecule has 1 aromatic carbocycles. The van der Waals surface area contributed by atoms with Gasteiger partial charge in [-0.1, -0.05) is 11.3 Å². The van der Waals surface area contributed by atoms with Gasteiger partial charge >= 0.3 is 0 Å². The van der Waals surface area contributed by atoms with Crippen molar-refractivity contribution in [2.75, 3.05) is 38.1 Å². The fourth-order valence-corrected chi connectivity index (χ4v) is 4.65. The molecular formula is C19H21N7OS. The molecule has 1 N–H and O–H groups in total. The van der Waals surface area contributed by atoms with E-state index < -0.39 is 0 Å². The van der Waals surface area contributed by atoms with Crippen LogP contribution in [0.25, 0.3) is 32.6 Å². The summed E-state index contributed by atoms with van der Waals surface area (Å²) in [5.41, 5.74) is 3.12. The highest BCUT2D eigenvalue weighted by Crippen LogP contribution is 2.29. The molecule has 3 aromatic heterocycles. The predicted molar refractivity (Wildman–Crippen MR) is 112 cm³/mol. The van der Waals surface area contributed by atoms with Crippen LogP contribution in [0.3, 0.4) is 0 Å². The van der Waals surface area contributed by atoms with E-state index in [1.165, 1.54) is 11.3 Å². The van der Waals surface area contributed by atoms with Gasteiger partial charge < -0.3 is 14.8 Å². The van der Waals surface area contributed by atoms with Crippen LogP contribution in [0, 0.1) is 6.92 Å². The van der Waals surface area contributed by atoms with Gasteiger partial charge in [0.15, 0.2) is 15.5 Å². The Morgan fingerprint density at radius 1 is 1.07 bits per heavy atom. The number of aromatic nitrogens is 5. The van der Waals surface area contributed by atoms with Gasteiger partial charge in [-0.15, -0.1) is 0 Å². The maximum Gasteiger partial charge on any atom is 0.278 e. The Labute approximate surface area is 165 Å². The number of hydrogen-bond acceptors (Lipinski definition) is 7. The third-order valence-electron chi connectivity index (χ3n) is 5.22. The Hall–Kier alpha value is -2.78. The Kier molecular flexibility index (Phi) is 3.95. The van der Waals surface area contributed by atoms with Crippen LogP contribution in [0.5, 0.6) is 0 Å². The molecule has 4 aromatic rings. The second kappa shape index (κ2) is 6.39. The Morgan fingerprint density at radius 2 is 1.86 bits per heavy atom. The van der Waals surface area contributed by atoms with Crippen molar-refractivity contribution in [3.63, 3.8) is 0 Å². The van der Waals surface area contributed by atoms with Crippen molar-refractivity contribution in [3.8, 4) is 11.4 Å². The smallest absolute Gasteiger partial charge is 0.278 e. The van der Waals surface area contributed by atoms with Gasteiger partial charge in [-0.25, -0.2) is 9.97 Å². The number of aryl methyl sites for hydroxylation is 2. The van der Waals surface area contributed by atoms with Crippen LogP contribution >= 0.6 is 11.3 Å². The lowest BCUT2D eigenvalue weighted by molar-refractivity contribution is 0.313. The van der Waals surface area contributed by atoms with E-state index in [-0.39, 0.29) is 5.56 Å². The molecular weight excluding hydrogens is 374 g/mol. The number of benzene rings is 1. The van der Waals surface area contributed by atoms with E-state index in [1.807, 2.05) is 32.3 Å². The minimum absolute atomic E-state index is 0.194. The molecule has 0 amide bonds. The predicted octanol–water partition coefficient (Wildman–Crippen LogP) is 1.99. The Bertz CT molecular complexity index is 1250. The van der Waals surface area contributed by atoms with E-state index in [4.69, 9.17) is 4.98 Å². The third kappa shape index (κ3) is 2.87. The minimum Gasteiger partial charge on any atom is -0.345 e. The summed E-state index contributed by atoms with van der Waals surface area (Å²) in [6.07, 6.45) is 1.97. The maximum absolute atomic E-state index is 12.7. The zero-order valence-corrected chi connectivity index (χ0v) is 16.9. The Morgan fingerprint density at radius 3 is 2.64 bits per heavy atom. The highest BCUT2D eigenvalue weighted by molar-refractivity contribution is 7.21. The van der Waals surface area contributed by atoms with Crippen LogP contribution in [0.2, 0.25) is 0 Å². The fourth-order valence-electron chi connectivity index (χ4n) is 3.66. The monoisotopic (exact) mass is 395 g/mol. The number of likely N-dealkylation sites (N-methyl/N-ethyl adjacent to an activating group) is 1. The zero-order valence-electron chi connectivity index (χ0n) is 16.1. The van der Waals surface area contributed by atoms with Gasteiger partial charge in [-0.2, -0.15) is 5.10 Å². The van der Waals surface area contributed by atoms with Gasteiger partial charge in [0.1, 0.15) is 5.82 Å². The van der Waals surface area contributed by atoms with E-state index >= 15 is 0 Å². The van der Waals surface area contributed by atoms with Crippen LogP contribution in [-0.4, -0.2) is 62.9 Å². The van der Waals surface area contributed by atoms with Gasteiger partial charge in [-0.05, 0) is 31.7 Å². The lowest BCUT2D eigenvalue weighted by Gasteiger charge is -2.31. The topological polar surface area (TPSA) is 82.9 Å². The van der Waals surface area contributed by atoms with Crippen LogP contribution in [-0.2, 0) is 7.05 Å². The van der Waals surface area contributed by atoms with E-state index in [2.05, 4.69) is 31.9 Å². The van der Waals surface area contributed by atoms with Gasteiger partial charge in [0.05, 0.1) is 5.52 Å². The van der Waals surface area contributed by atoms with Crippen LogP contribution < -0.4 is 10.5 Å². The SMILES string of the molecule is Cc1cc(-c2nc3sc(N4CCN(C)CC4)nc3c(=O)[nH]2)cc2cn(C)nc12. The molecule has 1 aliphatic rings. The molecule has 144 valence electrons. The number of piperazine rings is 1. The van der Waals surface area contributed by atoms with Crippen LogP contribution in [0.1, 0.15) is 5.56 Å². The molecule has 5 rings (SSSR count). The van der Waals surface area contributed by atoms with Crippen molar-refractivity contribution in [3.05, 3.63) is 34.2 Å². The number of hydrogen-bond donors (Lipinski definition) is 1. The third-order valence-corrected chi connectivity index (χ3v) is 6.23. The first-order valence-electron chi connectivity index (χ1n) is 9.26. The normalized spacial score (nSPS) is 15.8. The maximum atomic E-state index is 12.7. The summed E-state index contributed by atoms with van der Waals surface area (Å²) in [7, 11) is 4.03. The molecule has 4 heterocycles. The van der Waals surface area contributed by atoms with Crippen molar-refractivity contribution < 1.29 is 0 Å². The van der Waals surface area contributed by atoms with Crippen molar-refractivity contribution in [2.24, 2.45) is 7.05 Å². The number of thiazole rings is 1. The van der Waals surface area contributed by atoms with Crippen molar-refractivity contribution in [2.45, 2.75) is 6.92 Å². The average Bonchev–Trinajstić information content (AvgIpc) is 3.26. The summed E-state index contributed by atoms with van der Waals surface area (Å²) in [6.45, 7) is 5.84. The molecule has 0 radical (unpaired) electrons. The molecule has 0 saturated carbocycles. The standard InChI is InChI=1S/C19H21N7OS/c1-11-8-12(9-13-10-25(3)23-14(11)13)16-21-17(27)15-18(22-16)28-19(20-15)26-6-4-24(2)5-7-26/h8-10H,4-7H2,1-3H3,(H,21,22,27). The largest absolute Gasteiger partial charge is 0.345 e. The first-order chi connectivity index (χ1) is 13.5. The molecule has 0 spiro atoms. The number of fused-ring (bicyclic) bond motifs is 2. The van der Waals surface area contributed by atoms with Crippen molar-refractivity contribution in [1.82, 2.24) is 29.6 Å². The summed E-state index contributed by atoms with van der Waals surface area (Å²) in [5.74, 6) is 0.569. The molecule has 9 heteroatoms. The number of nitrogens with one attached hydrogen (secondary N) is 1. The molecule has 0 unspecified atom stereocenters. The van der Waals surface area contributed by atoms with Crippen molar-refractivity contribution >= 4 is 37.7 Å². The highest BCUT2D eigenvalue weighted by Gasteiger charge is 2.20. The van der Waals surface area contributed by atoms with Crippen LogP contribution in [0.4, 0.5) is 5.13 Å². The first kappa shape index (κ1) is 17.3. The molecule has 0 bridgehead atoms. The number of nitrogens with zero attached hydrogens (tertiary/aromatic N) is 6. The number of H-pyrrole nitrogens is 1. The molecule has 1 fully saturated rings. The highest BCUT2D eigenvalue weighted by atomic mass is 32.1. The summed E-state index contributed by atoms with van der Waals surface area (Å²) in [4.78, 5) is 30.1. The van der Waals surface area contributed by atoms with Gasteiger partial charge in [0.25, 0.3) is 5.56 Å². The quantitative estimate of drug-likeness (QED) is 0.559. The number of anilines is 1. The summed E-state index contributed by atoms with van der Waals surface area (Å²) >= 11 is 1.49. The van der Waals surface area contributed by atoms with Crippen molar-refractivity contribution in [1.29, 1.82) is 0 Å². The summed E-state index contributed by atoms with van der Waals surface area (Å²) in [5, 5.41) is 6.39. The van der Waals surface area contributed by atoms with Crippen LogP contribution in [0.15, 0.2) is 23.1 Å². The second-order valence-corrected chi connectivity index (χ2v) is 8.34. The van der Waals surface area contributed by atoms with E-state index in [0.717, 1.165) is 53.3 Å². The number of rotatable bonds is 2. The second-order valence-electron chi connectivity index (χ2n) is 7.39. The molecule has 8 nitrogen and oxygen atoms in total. The molecule has 28 heavy (non-hydrogen) atoms. The van der Waals surface area contributed by atoms with Gasteiger partial charge in [0, 0.05) is 50.4 Å². The molecule has 0 atom stereocenters. The minimum atomic E-state index is -0.194. The first-order valence-corrected chi connectivity index (χ1v) is 10.1.